The molecule has 7 rings (SSSR count). The fraction of sp³-hybridized carbons (Fsp3) is 0.385. The van der Waals surface area contributed by atoms with E-state index in [-0.39, 0.29) is 17.1 Å². The Morgan fingerprint density at radius 2 is 1.68 bits per heavy atom. The third kappa shape index (κ3) is 4.68. The molecule has 5 heteroatoms. The topological polar surface area (TPSA) is 47.0 Å². The van der Waals surface area contributed by atoms with E-state index >= 15 is 0 Å². The number of pyridine rings is 1. The number of aromatic nitrogens is 1. The Labute approximate surface area is 262 Å². The Morgan fingerprint density at radius 1 is 0.886 bits per heavy atom. The SMILES string of the molecule is Cc1cc(C)c(C2=N[C@@]3(C)CCCC[C@@H]3O2)cc1Oc1ccc2c(c1)N(c1cc(C(C)C)ccn1)c1ccccc1C2(C)C. The van der Waals surface area contributed by atoms with Crippen LogP contribution in [-0.4, -0.2) is 22.5 Å². The van der Waals surface area contributed by atoms with Gasteiger partial charge in [-0.2, -0.15) is 0 Å². The van der Waals surface area contributed by atoms with Gasteiger partial charge in [-0.15, -0.1) is 0 Å². The number of aliphatic imine (C=N–C) groups is 1. The van der Waals surface area contributed by atoms with Gasteiger partial charge in [0.2, 0.25) is 5.90 Å². The molecule has 0 saturated heterocycles. The molecule has 226 valence electrons. The van der Waals surface area contributed by atoms with Gasteiger partial charge in [-0.3, -0.25) is 4.90 Å². The number of fused-ring (bicyclic) bond motifs is 3. The lowest BCUT2D eigenvalue weighted by atomic mass is 9.73. The molecule has 1 aliphatic carbocycles. The van der Waals surface area contributed by atoms with Crippen molar-refractivity contribution in [2.24, 2.45) is 4.99 Å². The summed E-state index contributed by atoms with van der Waals surface area (Å²) in [7, 11) is 0. The van der Waals surface area contributed by atoms with E-state index in [9.17, 15) is 0 Å². The van der Waals surface area contributed by atoms with Crippen molar-refractivity contribution in [3.8, 4) is 11.5 Å². The Kier molecular flexibility index (Phi) is 6.84. The predicted molar refractivity (Wildman–Crippen MR) is 179 cm³/mol. The lowest BCUT2D eigenvalue weighted by Crippen LogP contribution is -2.37. The van der Waals surface area contributed by atoms with Gasteiger partial charge in [0.25, 0.3) is 0 Å². The number of benzene rings is 3. The first-order valence-corrected chi connectivity index (χ1v) is 16.1. The molecule has 44 heavy (non-hydrogen) atoms. The second-order valence-corrected chi connectivity index (χ2v) is 13.9. The first kappa shape index (κ1) is 28.6. The van der Waals surface area contributed by atoms with Gasteiger partial charge in [-0.05, 0) is 104 Å². The summed E-state index contributed by atoms with van der Waals surface area (Å²) in [6.07, 6.45) is 6.65. The van der Waals surface area contributed by atoms with Gasteiger partial charge < -0.3 is 9.47 Å². The molecule has 0 radical (unpaired) electrons. The van der Waals surface area contributed by atoms with Gasteiger partial charge in [0.1, 0.15) is 23.4 Å². The predicted octanol–water partition coefficient (Wildman–Crippen LogP) is 10.2. The van der Waals surface area contributed by atoms with E-state index in [0.717, 1.165) is 64.1 Å². The molecule has 3 aliphatic rings. The molecule has 0 N–H and O–H groups in total. The number of para-hydroxylation sites is 1. The normalized spacial score (nSPS) is 21.7. The maximum Gasteiger partial charge on any atom is 0.217 e. The Bertz CT molecular complexity index is 1790. The molecule has 0 unspecified atom stereocenters. The summed E-state index contributed by atoms with van der Waals surface area (Å²) < 4.78 is 13.2. The van der Waals surface area contributed by atoms with E-state index in [1.807, 2.05) is 6.20 Å². The van der Waals surface area contributed by atoms with Crippen LogP contribution in [0.4, 0.5) is 17.2 Å². The van der Waals surface area contributed by atoms with Crippen molar-refractivity contribution in [3.05, 3.63) is 106 Å². The van der Waals surface area contributed by atoms with Crippen LogP contribution in [0.2, 0.25) is 0 Å². The molecule has 3 aromatic carbocycles. The van der Waals surface area contributed by atoms with Crippen molar-refractivity contribution in [2.75, 3.05) is 4.90 Å². The van der Waals surface area contributed by atoms with Crippen LogP contribution in [0.25, 0.3) is 0 Å². The van der Waals surface area contributed by atoms with E-state index in [1.165, 1.54) is 29.5 Å². The molecule has 3 heterocycles. The standard InChI is InChI=1S/C39H43N3O2/c1-24(2)27-17-19-40-36(21-27)42-32-13-9-8-12-30(32)38(5,6)31-16-15-28(22-33(31)42)43-34-23-29(25(3)20-26(34)4)37-41-39(7)18-11-10-14-35(39)44-37/h8-9,12-13,15-17,19-24,35H,10-11,14,18H2,1-7H3/t35-,39-/m0/s1. The number of hydrogen-bond donors (Lipinski definition) is 0. The summed E-state index contributed by atoms with van der Waals surface area (Å²) in [4.78, 5) is 12.3. The highest BCUT2D eigenvalue weighted by atomic mass is 16.5. The van der Waals surface area contributed by atoms with Crippen LogP contribution in [0.1, 0.15) is 99.6 Å². The summed E-state index contributed by atoms with van der Waals surface area (Å²) in [6.45, 7) is 15.5. The van der Waals surface area contributed by atoms with Gasteiger partial charge in [-0.25, -0.2) is 9.98 Å². The van der Waals surface area contributed by atoms with Crippen LogP contribution < -0.4 is 9.64 Å². The lowest BCUT2D eigenvalue weighted by molar-refractivity contribution is 0.104. The van der Waals surface area contributed by atoms with Crippen LogP contribution in [0.3, 0.4) is 0 Å². The molecule has 0 spiro atoms. The molecule has 2 atom stereocenters. The highest BCUT2D eigenvalue weighted by molar-refractivity contribution is 5.97. The molecular formula is C39H43N3O2. The largest absolute Gasteiger partial charge is 0.472 e. The van der Waals surface area contributed by atoms with Gasteiger partial charge >= 0.3 is 0 Å². The quantitative estimate of drug-likeness (QED) is 0.234. The van der Waals surface area contributed by atoms with Gasteiger partial charge in [0.05, 0.1) is 16.9 Å². The van der Waals surface area contributed by atoms with Gasteiger partial charge in [0.15, 0.2) is 0 Å². The zero-order valence-corrected chi connectivity index (χ0v) is 27.1. The number of ether oxygens (including phenoxy) is 2. The second kappa shape index (κ2) is 10.5. The first-order valence-electron chi connectivity index (χ1n) is 16.1. The molecule has 2 aliphatic heterocycles. The van der Waals surface area contributed by atoms with Crippen LogP contribution in [-0.2, 0) is 10.2 Å². The van der Waals surface area contributed by atoms with Crippen LogP contribution in [0, 0.1) is 13.8 Å². The van der Waals surface area contributed by atoms with Crippen molar-refractivity contribution < 1.29 is 9.47 Å². The molecule has 0 bridgehead atoms. The average molecular weight is 586 g/mol. The molecule has 5 nitrogen and oxygen atoms in total. The smallest absolute Gasteiger partial charge is 0.217 e. The molecule has 1 aromatic heterocycles. The van der Waals surface area contributed by atoms with E-state index in [2.05, 4.69) is 120 Å². The van der Waals surface area contributed by atoms with Crippen LogP contribution >= 0.6 is 0 Å². The minimum atomic E-state index is -0.186. The average Bonchev–Trinajstić information content (AvgIpc) is 3.36. The summed E-state index contributed by atoms with van der Waals surface area (Å²) in [5.74, 6) is 3.68. The van der Waals surface area contributed by atoms with Crippen molar-refractivity contribution in [2.45, 2.75) is 97.1 Å². The van der Waals surface area contributed by atoms with Crippen molar-refractivity contribution >= 4 is 23.1 Å². The fourth-order valence-electron chi connectivity index (χ4n) is 7.34. The number of nitrogens with zero attached hydrogens (tertiary/aromatic N) is 3. The van der Waals surface area contributed by atoms with Crippen LogP contribution in [0.5, 0.6) is 11.5 Å². The molecule has 1 fully saturated rings. The van der Waals surface area contributed by atoms with E-state index in [1.54, 1.807) is 0 Å². The van der Waals surface area contributed by atoms with Gasteiger partial charge in [-0.1, -0.05) is 64.4 Å². The first-order chi connectivity index (χ1) is 21.0. The van der Waals surface area contributed by atoms with E-state index < -0.39 is 0 Å². The van der Waals surface area contributed by atoms with Crippen LogP contribution in [0.15, 0.2) is 77.9 Å². The van der Waals surface area contributed by atoms with Crippen molar-refractivity contribution in [1.29, 1.82) is 0 Å². The van der Waals surface area contributed by atoms with Crippen molar-refractivity contribution in [3.63, 3.8) is 0 Å². The summed E-state index contributed by atoms with van der Waals surface area (Å²) in [5.41, 5.74) is 8.97. The third-order valence-corrected chi connectivity index (χ3v) is 10.1. The Balaban J connectivity index is 1.30. The summed E-state index contributed by atoms with van der Waals surface area (Å²) in [6, 6.07) is 23.8. The summed E-state index contributed by atoms with van der Waals surface area (Å²) in [5, 5.41) is 0. The number of aryl methyl sites for hydroxylation is 2. The molecular weight excluding hydrogens is 542 g/mol. The maximum absolute atomic E-state index is 6.72. The fourth-order valence-corrected chi connectivity index (χ4v) is 7.34. The van der Waals surface area contributed by atoms with E-state index in [4.69, 9.17) is 19.5 Å². The third-order valence-electron chi connectivity index (χ3n) is 10.1. The Morgan fingerprint density at radius 3 is 2.48 bits per heavy atom. The minimum Gasteiger partial charge on any atom is -0.472 e. The molecule has 1 saturated carbocycles. The molecule has 0 amide bonds. The van der Waals surface area contributed by atoms with Gasteiger partial charge in [0, 0.05) is 23.2 Å². The number of anilines is 3. The van der Waals surface area contributed by atoms with E-state index in [0.29, 0.717) is 5.92 Å². The monoisotopic (exact) mass is 585 g/mol. The highest BCUT2D eigenvalue weighted by Crippen LogP contribution is 2.52. The lowest BCUT2D eigenvalue weighted by Gasteiger charge is -2.41. The zero-order chi connectivity index (χ0) is 30.8. The second-order valence-electron chi connectivity index (χ2n) is 13.9. The molecule has 4 aromatic rings. The Hall–Kier alpha value is -4.12. The summed E-state index contributed by atoms with van der Waals surface area (Å²) >= 11 is 0. The highest BCUT2D eigenvalue weighted by Gasteiger charge is 2.44. The number of rotatable bonds is 5. The number of hydrogen-bond acceptors (Lipinski definition) is 5. The van der Waals surface area contributed by atoms with Crippen molar-refractivity contribution in [1.82, 2.24) is 4.98 Å². The maximum atomic E-state index is 6.72. The zero-order valence-electron chi connectivity index (χ0n) is 27.1. The minimum absolute atomic E-state index is 0.127.